The van der Waals surface area contributed by atoms with Gasteiger partial charge in [0.15, 0.2) is 0 Å². The summed E-state index contributed by atoms with van der Waals surface area (Å²) in [5, 5.41) is 2.91. The monoisotopic (exact) mass is 314 g/mol. The van der Waals surface area contributed by atoms with Crippen LogP contribution in [-0.4, -0.2) is 43.2 Å². The quantitative estimate of drug-likeness (QED) is 0.902. The van der Waals surface area contributed by atoms with E-state index in [1.165, 1.54) is 12.1 Å². The minimum absolute atomic E-state index is 0.0333. The maximum absolute atomic E-state index is 12.8. The second kappa shape index (κ2) is 5.89. The van der Waals surface area contributed by atoms with Crippen molar-refractivity contribution in [2.75, 3.05) is 26.3 Å². The van der Waals surface area contributed by atoms with Crippen LogP contribution >= 0.6 is 0 Å². The number of hydrogen-bond donors (Lipinski definition) is 1. The summed E-state index contributed by atoms with van der Waals surface area (Å²) < 4.78 is 43.7. The number of ether oxygens (including phenoxy) is 1. The van der Waals surface area contributed by atoms with Crippen molar-refractivity contribution in [2.45, 2.75) is 18.8 Å². The number of rotatable bonds is 2. The molecule has 0 aromatic heterocycles. The van der Waals surface area contributed by atoms with Crippen molar-refractivity contribution in [3.8, 4) is 0 Å². The van der Waals surface area contributed by atoms with Gasteiger partial charge in [-0.2, -0.15) is 13.2 Å². The summed E-state index contributed by atoms with van der Waals surface area (Å²) in [5.74, 6) is -0.299. The van der Waals surface area contributed by atoms with Crippen LogP contribution in [0.25, 0.3) is 0 Å². The van der Waals surface area contributed by atoms with Crippen LogP contribution in [0, 0.1) is 5.92 Å². The summed E-state index contributed by atoms with van der Waals surface area (Å²) in [5.41, 5.74) is -0.0410. The van der Waals surface area contributed by atoms with Gasteiger partial charge >= 0.3 is 6.18 Å². The summed E-state index contributed by atoms with van der Waals surface area (Å²) in [6.07, 6.45) is -4.34. The fourth-order valence-corrected chi connectivity index (χ4v) is 2.95. The van der Waals surface area contributed by atoms with Crippen LogP contribution < -0.4 is 5.32 Å². The predicted molar refractivity (Wildman–Crippen MR) is 73.0 cm³/mol. The lowest BCUT2D eigenvalue weighted by molar-refractivity contribution is -0.137. The molecular formula is C15H17F3N2O2. The molecule has 22 heavy (non-hydrogen) atoms. The molecule has 7 heteroatoms. The molecule has 0 saturated carbocycles. The van der Waals surface area contributed by atoms with E-state index in [0.717, 1.165) is 6.07 Å². The SMILES string of the molecule is O=C1N[C@@H]2COC[C@H]1CN(Cc1cccc(C(F)(F)F)c1)C2. The molecule has 0 spiro atoms. The molecule has 0 radical (unpaired) electrons. The van der Waals surface area contributed by atoms with Gasteiger partial charge in [0.25, 0.3) is 0 Å². The lowest BCUT2D eigenvalue weighted by Gasteiger charge is -2.27. The van der Waals surface area contributed by atoms with Gasteiger partial charge in [-0.15, -0.1) is 0 Å². The Morgan fingerprint density at radius 3 is 2.86 bits per heavy atom. The third kappa shape index (κ3) is 3.41. The Bertz CT molecular complexity index is 562. The first-order valence-corrected chi connectivity index (χ1v) is 7.18. The molecule has 4 nitrogen and oxygen atoms in total. The highest BCUT2D eigenvalue weighted by molar-refractivity contribution is 5.79. The molecule has 2 bridgehead atoms. The second-order valence-corrected chi connectivity index (χ2v) is 5.83. The zero-order chi connectivity index (χ0) is 15.7. The van der Waals surface area contributed by atoms with E-state index >= 15 is 0 Å². The smallest absolute Gasteiger partial charge is 0.378 e. The molecule has 1 aromatic carbocycles. The lowest BCUT2D eigenvalue weighted by atomic mass is 10.1. The Morgan fingerprint density at radius 2 is 2.09 bits per heavy atom. The highest BCUT2D eigenvalue weighted by Gasteiger charge is 2.34. The number of carbonyl (C=O) groups is 1. The summed E-state index contributed by atoms with van der Waals surface area (Å²) in [6.45, 7) is 2.28. The number of benzene rings is 1. The summed E-state index contributed by atoms with van der Waals surface area (Å²) in [6, 6.07) is 5.24. The number of hydrogen-bond acceptors (Lipinski definition) is 3. The Morgan fingerprint density at radius 1 is 1.27 bits per heavy atom. The van der Waals surface area contributed by atoms with Gasteiger partial charge in [-0.25, -0.2) is 0 Å². The fraction of sp³-hybridized carbons (Fsp3) is 0.533. The highest BCUT2D eigenvalue weighted by atomic mass is 19.4. The average Bonchev–Trinajstić information content (AvgIpc) is 2.67. The molecule has 2 fully saturated rings. The van der Waals surface area contributed by atoms with Gasteiger partial charge in [-0.05, 0) is 11.6 Å². The molecule has 1 N–H and O–H groups in total. The highest BCUT2D eigenvalue weighted by Crippen LogP contribution is 2.30. The van der Waals surface area contributed by atoms with Crippen LogP contribution in [0.5, 0.6) is 0 Å². The molecule has 0 aliphatic carbocycles. The Balaban J connectivity index is 1.74. The van der Waals surface area contributed by atoms with Crippen LogP contribution in [0.4, 0.5) is 13.2 Å². The Labute approximate surface area is 126 Å². The summed E-state index contributed by atoms with van der Waals surface area (Å²) >= 11 is 0. The Kier molecular flexibility index (Phi) is 4.10. The van der Waals surface area contributed by atoms with Gasteiger partial charge in [-0.1, -0.05) is 18.2 Å². The first kappa shape index (κ1) is 15.3. The number of nitrogens with zero attached hydrogens (tertiary/aromatic N) is 1. The fourth-order valence-electron chi connectivity index (χ4n) is 2.95. The topological polar surface area (TPSA) is 41.6 Å². The summed E-state index contributed by atoms with van der Waals surface area (Å²) in [4.78, 5) is 13.9. The molecule has 3 rings (SSSR count). The van der Waals surface area contributed by atoms with E-state index in [1.54, 1.807) is 6.07 Å². The molecule has 2 atom stereocenters. The maximum Gasteiger partial charge on any atom is 0.416 e. The van der Waals surface area contributed by atoms with Crippen molar-refractivity contribution in [3.05, 3.63) is 35.4 Å². The zero-order valence-corrected chi connectivity index (χ0v) is 11.9. The first-order chi connectivity index (χ1) is 10.4. The molecular weight excluding hydrogens is 297 g/mol. The van der Waals surface area contributed by atoms with E-state index in [2.05, 4.69) is 5.32 Å². The van der Waals surface area contributed by atoms with Crippen molar-refractivity contribution in [1.82, 2.24) is 10.2 Å². The second-order valence-electron chi connectivity index (χ2n) is 5.83. The maximum atomic E-state index is 12.8. The summed E-state index contributed by atoms with van der Waals surface area (Å²) in [7, 11) is 0. The number of alkyl halides is 3. The lowest BCUT2D eigenvalue weighted by Crippen LogP contribution is -2.41. The molecule has 2 aliphatic rings. The standard InChI is InChI=1S/C15H17F3N2O2/c16-15(17,18)12-3-1-2-10(4-12)5-20-6-11-8-22-9-13(7-20)19-14(11)21/h1-4,11,13H,5-9H2,(H,19,21)/t11-,13+/m1/s1. The van der Waals surface area contributed by atoms with Crippen LogP contribution in [-0.2, 0) is 22.3 Å². The minimum atomic E-state index is -4.34. The van der Waals surface area contributed by atoms with Gasteiger partial charge in [0.2, 0.25) is 5.91 Å². The molecule has 120 valence electrons. The average molecular weight is 314 g/mol. The molecule has 0 unspecified atom stereocenters. The predicted octanol–water partition coefficient (Wildman–Crippen LogP) is 1.65. The number of nitrogens with one attached hydrogen (secondary N) is 1. The van der Waals surface area contributed by atoms with Gasteiger partial charge in [-0.3, -0.25) is 9.69 Å². The molecule has 2 heterocycles. The normalized spacial score (nSPS) is 26.4. The van der Waals surface area contributed by atoms with Crippen molar-refractivity contribution in [2.24, 2.45) is 5.92 Å². The molecule has 2 saturated heterocycles. The van der Waals surface area contributed by atoms with Crippen LogP contribution in [0.2, 0.25) is 0 Å². The van der Waals surface area contributed by atoms with E-state index in [4.69, 9.17) is 4.74 Å². The van der Waals surface area contributed by atoms with Crippen molar-refractivity contribution in [3.63, 3.8) is 0 Å². The van der Waals surface area contributed by atoms with Crippen molar-refractivity contribution >= 4 is 5.91 Å². The van der Waals surface area contributed by atoms with E-state index in [9.17, 15) is 18.0 Å². The number of amides is 1. The van der Waals surface area contributed by atoms with Crippen LogP contribution in [0.15, 0.2) is 24.3 Å². The number of halogens is 3. The zero-order valence-electron chi connectivity index (χ0n) is 11.9. The van der Waals surface area contributed by atoms with E-state index < -0.39 is 11.7 Å². The van der Waals surface area contributed by atoms with Crippen molar-refractivity contribution in [1.29, 1.82) is 0 Å². The Hall–Kier alpha value is -1.60. The third-order valence-electron chi connectivity index (χ3n) is 3.97. The van der Waals surface area contributed by atoms with Crippen LogP contribution in [0.3, 0.4) is 0 Å². The van der Waals surface area contributed by atoms with Gasteiger partial charge in [0.05, 0.1) is 30.7 Å². The van der Waals surface area contributed by atoms with E-state index in [-0.39, 0.29) is 17.9 Å². The number of fused-ring (bicyclic) bond motifs is 3. The van der Waals surface area contributed by atoms with Crippen LogP contribution in [0.1, 0.15) is 11.1 Å². The third-order valence-corrected chi connectivity index (χ3v) is 3.97. The van der Waals surface area contributed by atoms with E-state index in [0.29, 0.717) is 38.4 Å². The number of carbonyl (C=O) groups excluding carboxylic acids is 1. The van der Waals surface area contributed by atoms with Gasteiger partial charge < -0.3 is 10.1 Å². The van der Waals surface area contributed by atoms with Gasteiger partial charge in [0, 0.05) is 19.6 Å². The van der Waals surface area contributed by atoms with E-state index in [1.807, 2.05) is 4.90 Å². The first-order valence-electron chi connectivity index (χ1n) is 7.18. The van der Waals surface area contributed by atoms with Crippen molar-refractivity contribution < 1.29 is 22.7 Å². The largest absolute Gasteiger partial charge is 0.416 e. The molecule has 1 aromatic rings. The minimum Gasteiger partial charge on any atom is -0.378 e. The van der Waals surface area contributed by atoms with Gasteiger partial charge in [0.1, 0.15) is 0 Å². The molecule has 1 amide bonds. The molecule has 2 aliphatic heterocycles.